The Kier molecular flexibility index (Phi) is 2.60. The van der Waals surface area contributed by atoms with E-state index in [4.69, 9.17) is 4.74 Å². The van der Waals surface area contributed by atoms with Crippen LogP contribution in [0.15, 0.2) is 24.3 Å². The Hall–Kier alpha value is -1.02. The SMILES string of the molecule is OC(CC1CCC1)C1Cc2ccccc2O1. The molecule has 1 N–H and O–H groups in total. The number of hydrogen-bond donors (Lipinski definition) is 1. The molecule has 1 aliphatic carbocycles. The molecule has 0 spiro atoms. The number of aliphatic hydroxyl groups is 1. The van der Waals surface area contributed by atoms with Crippen molar-refractivity contribution in [3.63, 3.8) is 0 Å². The lowest BCUT2D eigenvalue weighted by atomic mass is 9.80. The van der Waals surface area contributed by atoms with E-state index in [0.29, 0.717) is 0 Å². The van der Waals surface area contributed by atoms with Crippen LogP contribution in [0.25, 0.3) is 0 Å². The van der Waals surface area contributed by atoms with Crippen molar-refractivity contribution < 1.29 is 9.84 Å². The van der Waals surface area contributed by atoms with Gasteiger partial charge in [-0.25, -0.2) is 0 Å². The van der Waals surface area contributed by atoms with E-state index in [1.807, 2.05) is 18.2 Å². The summed E-state index contributed by atoms with van der Waals surface area (Å²) in [5.74, 6) is 1.70. The van der Waals surface area contributed by atoms with E-state index in [9.17, 15) is 5.11 Å². The standard InChI is InChI=1S/C14H18O2/c15-12(8-10-4-3-5-10)14-9-11-6-1-2-7-13(11)16-14/h1-2,6-7,10,12,14-15H,3-5,8-9H2. The Balaban J connectivity index is 1.61. The van der Waals surface area contributed by atoms with Gasteiger partial charge >= 0.3 is 0 Å². The normalized spacial score (nSPS) is 25.7. The molecule has 0 saturated heterocycles. The van der Waals surface area contributed by atoms with Crippen LogP contribution in [0.1, 0.15) is 31.2 Å². The molecule has 2 unspecified atom stereocenters. The molecule has 0 aromatic heterocycles. The molecular formula is C14H18O2. The van der Waals surface area contributed by atoms with Gasteiger partial charge in [0.15, 0.2) is 0 Å². The second kappa shape index (κ2) is 4.10. The molecule has 2 heteroatoms. The highest BCUT2D eigenvalue weighted by molar-refractivity contribution is 5.37. The number of aliphatic hydroxyl groups excluding tert-OH is 1. The summed E-state index contributed by atoms with van der Waals surface area (Å²) in [7, 11) is 0. The molecule has 2 aliphatic rings. The van der Waals surface area contributed by atoms with Crippen molar-refractivity contribution in [2.45, 2.75) is 44.3 Å². The zero-order valence-electron chi connectivity index (χ0n) is 9.43. The van der Waals surface area contributed by atoms with Crippen LogP contribution in [-0.2, 0) is 6.42 Å². The average Bonchev–Trinajstić information content (AvgIpc) is 2.66. The minimum Gasteiger partial charge on any atom is -0.487 e. The maximum Gasteiger partial charge on any atom is 0.129 e. The molecular weight excluding hydrogens is 200 g/mol. The first-order valence-electron chi connectivity index (χ1n) is 6.25. The van der Waals surface area contributed by atoms with Crippen molar-refractivity contribution in [3.8, 4) is 5.75 Å². The molecule has 2 nitrogen and oxygen atoms in total. The fourth-order valence-corrected chi connectivity index (χ4v) is 2.65. The zero-order valence-corrected chi connectivity index (χ0v) is 9.43. The maximum atomic E-state index is 10.1. The highest BCUT2D eigenvalue weighted by Crippen LogP contribution is 2.35. The average molecular weight is 218 g/mol. The Labute approximate surface area is 96.2 Å². The maximum absolute atomic E-state index is 10.1. The van der Waals surface area contributed by atoms with Crippen molar-refractivity contribution in [1.82, 2.24) is 0 Å². The molecule has 0 amide bonds. The fraction of sp³-hybridized carbons (Fsp3) is 0.571. The van der Waals surface area contributed by atoms with E-state index in [1.165, 1.54) is 24.8 Å². The van der Waals surface area contributed by atoms with Crippen molar-refractivity contribution in [2.75, 3.05) is 0 Å². The Morgan fingerprint density at radius 3 is 2.81 bits per heavy atom. The monoisotopic (exact) mass is 218 g/mol. The van der Waals surface area contributed by atoms with E-state index >= 15 is 0 Å². The topological polar surface area (TPSA) is 29.5 Å². The third-order valence-corrected chi connectivity index (χ3v) is 3.90. The number of ether oxygens (including phenoxy) is 1. The lowest BCUT2D eigenvalue weighted by Crippen LogP contribution is -2.33. The van der Waals surface area contributed by atoms with Crippen LogP contribution < -0.4 is 4.74 Å². The van der Waals surface area contributed by atoms with Gasteiger partial charge in [0, 0.05) is 6.42 Å². The molecule has 1 aromatic rings. The largest absolute Gasteiger partial charge is 0.487 e. The molecule has 16 heavy (non-hydrogen) atoms. The smallest absolute Gasteiger partial charge is 0.129 e. The summed E-state index contributed by atoms with van der Waals surface area (Å²) < 4.78 is 5.79. The van der Waals surface area contributed by atoms with Crippen LogP contribution in [0, 0.1) is 5.92 Å². The minimum absolute atomic E-state index is 0.0157. The summed E-state index contributed by atoms with van der Waals surface area (Å²) in [5.41, 5.74) is 1.24. The summed E-state index contributed by atoms with van der Waals surface area (Å²) in [6.07, 6.45) is 5.38. The van der Waals surface area contributed by atoms with Gasteiger partial charge in [-0.3, -0.25) is 0 Å². The molecule has 1 saturated carbocycles. The van der Waals surface area contributed by atoms with Crippen LogP contribution >= 0.6 is 0 Å². The first kappa shape index (κ1) is 10.2. The first-order valence-corrected chi connectivity index (χ1v) is 6.25. The number of fused-ring (bicyclic) bond motifs is 1. The van der Waals surface area contributed by atoms with Gasteiger partial charge in [-0.15, -0.1) is 0 Å². The minimum atomic E-state index is -0.294. The zero-order chi connectivity index (χ0) is 11.0. The van der Waals surface area contributed by atoms with E-state index < -0.39 is 0 Å². The second-order valence-electron chi connectivity index (χ2n) is 5.07. The van der Waals surface area contributed by atoms with Gasteiger partial charge in [-0.05, 0) is 24.0 Å². The highest BCUT2D eigenvalue weighted by Gasteiger charge is 2.31. The predicted molar refractivity (Wildman–Crippen MR) is 62.5 cm³/mol. The molecule has 1 fully saturated rings. The molecule has 0 radical (unpaired) electrons. The van der Waals surface area contributed by atoms with Crippen LogP contribution in [0.4, 0.5) is 0 Å². The van der Waals surface area contributed by atoms with Crippen molar-refractivity contribution >= 4 is 0 Å². The van der Waals surface area contributed by atoms with Crippen molar-refractivity contribution in [3.05, 3.63) is 29.8 Å². The molecule has 0 bridgehead atoms. The number of hydrogen-bond acceptors (Lipinski definition) is 2. The van der Waals surface area contributed by atoms with E-state index in [2.05, 4.69) is 6.07 Å². The summed E-state index contributed by atoms with van der Waals surface area (Å²) in [6, 6.07) is 8.10. The molecule has 2 atom stereocenters. The van der Waals surface area contributed by atoms with Gasteiger partial charge in [-0.1, -0.05) is 37.5 Å². The predicted octanol–water partition coefficient (Wildman–Crippen LogP) is 2.54. The van der Waals surface area contributed by atoms with Crippen molar-refractivity contribution in [1.29, 1.82) is 0 Å². The van der Waals surface area contributed by atoms with E-state index in [-0.39, 0.29) is 12.2 Å². The lowest BCUT2D eigenvalue weighted by Gasteiger charge is -2.29. The summed E-state index contributed by atoms with van der Waals surface area (Å²) in [5, 5.41) is 10.1. The van der Waals surface area contributed by atoms with Gasteiger partial charge in [0.2, 0.25) is 0 Å². The highest BCUT2D eigenvalue weighted by atomic mass is 16.5. The molecule has 1 aromatic carbocycles. The van der Waals surface area contributed by atoms with Gasteiger partial charge in [-0.2, -0.15) is 0 Å². The van der Waals surface area contributed by atoms with Crippen molar-refractivity contribution in [2.24, 2.45) is 5.92 Å². The van der Waals surface area contributed by atoms with Gasteiger partial charge < -0.3 is 9.84 Å². The van der Waals surface area contributed by atoms with Gasteiger partial charge in [0.25, 0.3) is 0 Å². The summed E-state index contributed by atoms with van der Waals surface area (Å²) in [4.78, 5) is 0. The third kappa shape index (κ3) is 1.82. The Morgan fingerprint density at radius 2 is 2.12 bits per heavy atom. The first-order chi connectivity index (χ1) is 7.83. The summed E-state index contributed by atoms with van der Waals surface area (Å²) in [6.45, 7) is 0. The van der Waals surface area contributed by atoms with Gasteiger partial charge in [0.1, 0.15) is 11.9 Å². The molecule has 86 valence electrons. The molecule has 1 aliphatic heterocycles. The van der Waals surface area contributed by atoms with Crippen LogP contribution in [0.5, 0.6) is 5.75 Å². The molecule has 1 heterocycles. The number of para-hydroxylation sites is 1. The quantitative estimate of drug-likeness (QED) is 0.844. The number of benzene rings is 1. The lowest BCUT2D eigenvalue weighted by molar-refractivity contribution is 0.0228. The fourth-order valence-electron chi connectivity index (χ4n) is 2.65. The number of rotatable bonds is 3. The molecule has 3 rings (SSSR count). The van der Waals surface area contributed by atoms with E-state index in [0.717, 1.165) is 24.5 Å². The van der Waals surface area contributed by atoms with Crippen LogP contribution in [0.3, 0.4) is 0 Å². The van der Waals surface area contributed by atoms with Gasteiger partial charge in [0.05, 0.1) is 6.10 Å². The third-order valence-electron chi connectivity index (χ3n) is 3.90. The Morgan fingerprint density at radius 1 is 1.31 bits per heavy atom. The van der Waals surface area contributed by atoms with Crippen LogP contribution in [0.2, 0.25) is 0 Å². The van der Waals surface area contributed by atoms with E-state index in [1.54, 1.807) is 0 Å². The Bertz CT molecular complexity index is 346. The summed E-state index contributed by atoms with van der Waals surface area (Å²) >= 11 is 0. The second-order valence-corrected chi connectivity index (χ2v) is 5.07. The van der Waals surface area contributed by atoms with Crippen LogP contribution in [-0.4, -0.2) is 17.3 Å².